The molecule has 28 heavy (non-hydrogen) atoms. The van der Waals surface area contributed by atoms with Crippen molar-refractivity contribution in [1.29, 1.82) is 0 Å². The van der Waals surface area contributed by atoms with Crippen LogP contribution in [0.25, 0.3) is 0 Å². The topological polar surface area (TPSA) is 64.6 Å². The fraction of sp³-hybridized carbons (Fsp3) is 0.421. The van der Waals surface area contributed by atoms with Gasteiger partial charge in [0.15, 0.2) is 0 Å². The highest BCUT2D eigenvalue weighted by molar-refractivity contribution is 5.89. The van der Waals surface area contributed by atoms with Crippen molar-refractivity contribution in [2.24, 2.45) is 0 Å². The molecule has 2 aliphatic heterocycles. The molecule has 0 saturated carbocycles. The largest absolute Gasteiger partial charge is 0.352 e. The fourth-order valence-corrected chi connectivity index (χ4v) is 3.66. The summed E-state index contributed by atoms with van der Waals surface area (Å²) in [6.45, 7) is 3.35. The highest BCUT2D eigenvalue weighted by Gasteiger charge is 2.24. The summed E-state index contributed by atoms with van der Waals surface area (Å²) in [6.07, 6.45) is 2.67. The normalized spacial score (nSPS) is 17.1. The molecular weight excluding hydrogens is 366 g/mol. The molecule has 0 bridgehead atoms. The van der Waals surface area contributed by atoms with Gasteiger partial charge in [-0.3, -0.25) is 9.88 Å². The smallest absolute Gasteiger partial charge is 0.321 e. The van der Waals surface area contributed by atoms with E-state index >= 15 is 0 Å². The molecule has 2 amide bonds. The van der Waals surface area contributed by atoms with Crippen LogP contribution in [0.1, 0.15) is 11.1 Å². The lowest BCUT2D eigenvalue weighted by Gasteiger charge is -2.35. The summed E-state index contributed by atoms with van der Waals surface area (Å²) >= 11 is 0. The van der Waals surface area contributed by atoms with Crippen molar-refractivity contribution in [2.45, 2.75) is 19.5 Å². The maximum absolute atomic E-state index is 12.6. The van der Waals surface area contributed by atoms with Crippen molar-refractivity contribution in [1.82, 2.24) is 19.8 Å². The number of benzene rings is 1. The predicted molar refractivity (Wildman–Crippen MR) is 101 cm³/mol. The summed E-state index contributed by atoms with van der Waals surface area (Å²) in [7, 11) is 0. The van der Waals surface area contributed by atoms with E-state index in [4.69, 9.17) is 0 Å². The van der Waals surface area contributed by atoms with Gasteiger partial charge in [-0.1, -0.05) is 6.07 Å². The van der Waals surface area contributed by atoms with E-state index in [1.54, 1.807) is 28.4 Å². The Kier molecular flexibility index (Phi) is 5.34. The van der Waals surface area contributed by atoms with Gasteiger partial charge >= 0.3 is 6.03 Å². The van der Waals surface area contributed by atoms with Gasteiger partial charge in [0, 0.05) is 57.3 Å². The van der Waals surface area contributed by atoms with E-state index < -0.39 is 6.43 Å². The summed E-state index contributed by atoms with van der Waals surface area (Å²) < 4.78 is 25.2. The third kappa shape index (κ3) is 4.19. The second-order valence-corrected chi connectivity index (χ2v) is 7.01. The number of amides is 2. The molecule has 2 aromatic rings. The van der Waals surface area contributed by atoms with Gasteiger partial charge in [0.25, 0.3) is 6.43 Å². The number of alkyl halides is 2. The molecule has 148 valence electrons. The van der Waals surface area contributed by atoms with Gasteiger partial charge in [0.05, 0.1) is 12.7 Å². The summed E-state index contributed by atoms with van der Waals surface area (Å²) in [4.78, 5) is 26.5. The SMILES string of the molecule is O=C(Nc1ccc2c(c1)CN(CC(F)F)C2)N1CCN(c2cnccn2)CC1. The van der Waals surface area contributed by atoms with E-state index in [0.717, 1.165) is 16.9 Å². The zero-order valence-electron chi connectivity index (χ0n) is 15.4. The second-order valence-electron chi connectivity index (χ2n) is 7.01. The number of anilines is 2. The molecule has 1 N–H and O–H groups in total. The number of aromatic nitrogens is 2. The van der Waals surface area contributed by atoms with Crippen LogP contribution in [-0.4, -0.2) is 64.9 Å². The van der Waals surface area contributed by atoms with Crippen molar-refractivity contribution < 1.29 is 13.6 Å². The predicted octanol–water partition coefficient (Wildman–Crippen LogP) is 2.41. The number of nitrogens with one attached hydrogen (secondary N) is 1. The average molecular weight is 388 g/mol. The molecule has 0 aliphatic carbocycles. The Morgan fingerprint density at radius 3 is 2.61 bits per heavy atom. The van der Waals surface area contributed by atoms with Gasteiger partial charge < -0.3 is 15.1 Å². The number of piperazine rings is 1. The van der Waals surface area contributed by atoms with Crippen LogP contribution in [0, 0.1) is 0 Å². The van der Waals surface area contributed by atoms with E-state index in [-0.39, 0.29) is 12.6 Å². The third-order valence-electron chi connectivity index (χ3n) is 5.08. The highest BCUT2D eigenvalue weighted by Crippen LogP contribution is 2.26. The maximum Gasteiger partial charge on any atom is 0.321 e. The molecule has 2 aliphatic rings. The Balaban J connectivity index is 1.32. The number of nitrogens with zero attached hydrogens (tertiary/aromatic N) is 5. The Morgan fingerprint density at radius 2 is 1.89 bits per heavy atom. The molecular formula is C19H22F2N6O. The van der Waals surface area contributed by atoms with Gasteiger partial charge in [0.2, 0.25) is 0 Å². The number of fused-ring (bicyclic) bond motifs is 1. The molecule has 1 saturated heterocycles. The van der Waals surface area contributed by atoms with Crippen LogP contribution in [0.15, 0.2) is 36.8 Å². The second kappa shape index (κ2) is 8.05. The summed E-state index contributed by atoms with van der Waals surface area (Å²) in [5.41, 5.74) is 2.72. The Hall–Kier alpha value is -2.81. The molecule has 7 nitrogen and oxygen atoms in total. The van der Waals surface area contributed by atoms with E-state index in [1.807, 2.05) is 18.2 Å². The zero-order valence-corrected chi connectivity index (χ0v) is 15.4. The van der Waals surface area contributed by atoms with Crippen molar-refractivity contribution >= 4 is 17.5 Å². The van der Waals surface area contributed by atoms with E-state index in [2.05, 4.69) is 20.2 Å². The monoisotopic (exact) mass is 388 g/mol. The molecule has 0 atom stereocenters. The molecule has 9 heteroatoms. The lowest BCUT2D eigenvalue weighted by Crippen LogP contribution is -2.50. The Labute approximate surface area is 162 Å². The van der Waals surface area contributed by atoms with Gasteiger partial charge in [-0.2, -0.15) is 0 Å². The fourth-order valence-electron chi connectivity index (χ4n) is 3.66. The summed E-state index contributed by atoms with van der Waals surface area (Å²) in [6, 6.07) is 5.47. The number of carbonyl (C=O) groups is 1. The van der Waals surface area contributed by atoms with Crippen LogP contribution < -0.4 is 10.2 Å². The van der Waals surface area contributed by atoms with E-state index in [9.17, 15) is 13.6 Å². The minimum Gasteiger partial charge on any atom is -0.352 e. The average Bonchev–Trinajstić information content (AvgIpc) is 3.09. The minimum atomic E-state index is -2.34. The molecule has 0 spiro atoms. The number of carbonyl (C=O) groups excluding carboxylic acids is 1. The number of hydrogen-bond donors (Lipinski definition) is 1. The number of urea groups is 1. The molecule has 1 fully saturated rings. The quantitative estimate of drug-likeness (QED) is 0.872. The molecule has 1 aromatic heterocycles. The zero-order chi connectivity index (χ0) is 19.5. The van der Waals surface area contributed by atoms with Crippen molar-refractivity contribution in [2.75, 3.05) is 42.9 Å². The van der Waals surface area contributed by atoms with E-state index in [0.29, 0.717) is 45.0 Å². The van der Waals surface area contributed by atoms with Crippen LogP contribution in [0.5, 0.6) is 0 Å². The molecule has 0 unspecified atom stereocenters. The highest BCUT2D eigenvalue weighted by atomic mass is 19.3. The number of rotatable bonds is 4. The lowest BCUT2D eigenvalue weighted by molar-refractivity contribution is 0.0873. The standard InChI is InChI=1S/C19H22F2N6O/c20-17(21)13-25-11-14-1-2-16(9-15(14)12-25)24-19(28)27-7-5-26(6-8-27)18-10-22-3-4-23-18/h1-4,9-10,17H,5-8,11-13H2,(H,24,28). The summed E-state index contributed by atoms with van der Waals surface area (Å²) in [5, 5.41) is 2.93. The van der Waals surface area contributed by atoms with Crippen LogP contribution in [-0.2, 0) is 13.1 Å². The lowest BCUT2D eigenvalue weighted by atomic mass is 10.1. The van der Waals surface area contributed by atoms with Crippen molar-refractivity contribution in [3.8, 4) is 0 Å². The molecule has 3 heterocycles. The molecule has 4 rings (SSSR count). The third-order valence-corrected chi connectivity index (χ3v) is 5.08. The van der Waals surface area contributed by atoms with Crippen molar-refractivity contribution in [3.63, 3.8) is 0 Å². The first-order chi connectivity index (χ1) is 13.6. The van der Waals surface area contributed by atoms with Gasteiger partial charge in [0.1, 0.15) is 5.82 Å². The summed E-state index contributed by atoms with van der Waals surface area (Å²) in [5.74, 6) is 0.814. The van der Waals surface area contributed by atoms with Crippen LogP contribution in [0.3, 0.4) is 0 Å². The van der Waals surface area contributed by atoms with Gasteiger partial charge in [-0.25, -0.2) is 18.6 Å². The first-order valence-electron chi connectivity index (χ1n) is 9.27. The van der Waals surface area contributed by atoms with Crippen LogP contribution in [0.4, 0.5) is 25.1 Å². The Morgan fingerprint density at radius 1 is 1.11 bits per heavy atom. The first kappa shape index (κ1) is 18.5. The van der Waals surface area contributed by atoms with Gasteiger partial charge in [-0.05, 0) is 23.3 Å². The number of hydrogen-bond acceptors (Lipinski definition) is 5. The van der Waals surface area contributed by atoms with Gasteiger partial charge in [-0.15, -0.1) is 0 Å². The molecule has 1 aromatic carbocycles. The molecule has 0 radical (unpaired) electrons. The minimum absolute atomic E-state index is 0.152. The van der Waals surface area contributed by atoms with Crippen molar-refractivity contribution in [3.05, 3.63) is 47.9 Å². The number of halogens is 2. The van der Waals surface area contributed by atoms with E-state index in [1.165, 1.54) is 0 Å². The van der Waals surface area contributed by atoms with Crippen LogP contribution >= 0.6 is 0 Å². The Bertz CT molecular complexity index is 826. The van der Waals surface area contributed by atoms with Crippen LogP contribution in [0.2, 0.25) is 0 Å². The first-order valence-corrected chi connectivity index (χ1v) is 9.27. The maximum atomic E-state index is 12.6.